The molecule has 162 valence electrons. The van der Waals surface area contributed by atoms with Gasteiger partial charge in [0.05, 0.1) is 17.6 Å². The van der Waals surface area contributed by atoms with E-state index in [0.717, 1.165) is 17.9 Å². The number of para-hydroxylation sites is 2. The van der Waals surface area contributed by atoms with Gasteiger partial charge < -0.3 is 18.6 Å². The van der Waals surface area contributed by atoms with Crippen molar-refractivity contribution >= 4 is 11.0 Å². The van der Waals surface area contributed by atoms with E-state index in [-0.39, 0.29) is 11.2 Å². The van der Waals surface area contributed by atoms with Crippen LogP contribution in [0.25, 0.3) is 11.0 Å². The van der Waals surface area contributed by atoms with Gasteiger partial charge in [-0.1, -0.05) is 25.0 Å². The van der Waals surface area contributed by atoms with Gasteiger partial charge in [0.1, 0.15) is 23.8 Å². The van der Waals surface area contributed by atoms with E-state index in [1.54, 1.807) is 19.1 Å². The van der Waals surface area contributed by atoms with Crippen LogP contribution >= 0.6 is 0 Å². The van der Waals surface area contributed by atoms with Gasteiger partial charge in [-0.2, -0.15) is 0 Å². The van der Waals surface area contributed by atoms with Crippen molar-refractivity contribution in [3.05, 3.63) is 57.9 Å². The molecule has 5 rings (SSSR count). The summed E-state index contributed by atoms with van der Waals surface area (Å²) in [5.41, 5.74) is 1.34. The van der Waals surface area contributed by atoms with Gasteiger partial charge in [-0.05, 0) is 51.0 Å². The lowest BCUT2D eigenvalue weighted by Gasteiger charge is -2.33. The van der Waals surface area contributed by atoms with Crippen LogP contribution in [0, 0.1) is 6.92 Å². The minimum Gasteiger partial charge on any atom is -0.490 e. The summed E-state index contributed by atoms with van der Waals surface area (Å²) in [5.74, 6) is 2.50. The summed E-state index contributed by atoms with van der Waals surface area (Å²) in [5, 5.41) is 0.505. The van der Waals surface area contributed by atoms with Crippen LogP contribution in [0.5, 0.6) is 23.0 Å². The molecule has 0 unspecified atom stereocenters. The fourth-order valence-electron chi connectivity index (χ4n) is 4.61. The summed E-state index contributed by atoms with van der Waals surface area (Å²) in [6.45, 7) is 5.49. The number of hydrogen-bond acceptors (Lipinski definition) is 6. The molecule has 0 saturated heterocycles. The first kappa shape index (κ1) is 19.9. The van der Waals surface area contributed by atoms with Gasteiger partial charge in [-0.3, -0.25) is 9.69 Å². The van der Waals surface area contributed by atoms with Crippen LogP contribution in [0.15, 0.2) is 45.6 Å². The van der Waals surface area contributed by atoms with E-state index in [1.807, 2.05) is 31.2 Å². The molecule has 1 aromatic heterocycles. The minimum absolute atomic E-state index is 0.184. The van der Waals surface area contributed by atoms with Crippen molar-refractivity contribution in [2.24, 2.45) is 0 Å². The summed E-state index contributed by atoms with van der Waals surface area (Å²) >= 11 is 0. The standard InChI is InChI=1S/C25H27NO5/c1-3-28-21-10-6-7-11-22(21)31-24-16(2)30-25-18(23(24)27)12-13-20-19(25)14-26(15-29-20)17-8-4-5-9-17/h6-7,10-13,17H,3-5,8-9,14-15H2,1-2H3. The highest BCUT2D eigenvalue weighted by atomic mass is 16.5. The topological polar surface area (TPSA) is 61.1 Å². The summed E-state index contributed by atoms with van der Waals surface area (Å²) in [7, 11) is 0. The molecule has 1 aliphatic carbocycles. The zero-order valence-corrected chi connectivity index (χ0v) is 18.0. The second-order valence-electron chi connectivity index (χ2n) is 8.18. The van der Waals surface area contributed by atoms with Crippen molar-refractivity contribution < 1.29 is 18.6 Å². The second kappa shape index (κ2) is 8.27. The number of fused-ring (bicyclic) bond motifs is 3. The molecule has 1 saturated carbocycles. The van der Waals surface area contributed by atoms with Crippen molar-refractivity contribution in [3.8, 4) is 23.0 Å². The molecule has 0 N–H and O–H groups in total. The first-order chi connectivity index (χ1) is 15.2. The zero-order chi connectivity index (χ0) is 21.4. The molecule has 31 heavy (non-hydrogen) atoms. The van der Waals surface area contributed by atoms with Gasteiger partial charge in [0.25, 0.3) is 0 Å². The van der Waals surface area contributed by atoms with Crippen molar-refractivity contribution in [3.63, 3.8) is 0 Å². The second-order valence-corrected chi connectivity index (χ2v) is 8.18. The Balaban J connectivity index is 1.54. The number of hydrogen-bond donors (Lipinski definition) is 0. The molecule has 2 aliphatic rings. The molecule has 0 radical (unpaired) electrons. The van der Waals surface area contributed by atoms with Gasteiger partial charge >= 0.3 is 0 Å². The summed E-state index contributed by atoms with van der Waals surface area (Å²) in [4.78, 5) is 15.7. The van der Waals surface area contributed by atoms with Crippen LogP contribution in [0.3, 0.4) is 0 Å². The Kier molecular flexibility index (Phi) is 5.32. The zero-order valence-electron chi connectivity index (χ0n) is 18.0. The normalized spacial score (nSPS) is 16.8. The third-order valence-electron chi connectivity index (χ3n) is 6.19. The van der Waals surface area contributed by atoms with Crippen LogP contribution in [0.1, 0.15) is 43.9 Å². The van der Waals surface area contributed by atoms with Gasteiger partial charge in [-0.25, -0.2) is 0 Å². The number of aryl methyl sites for hydroxylation is 1. The number of ether oxygens (including phenoxy) is 3. The van der Waals surface area contributed by atoms with Crippen molar-refractivity contribution in [1.82, 2.24) is 4.90 Å². The summed E-state index contributed by atoms with van der Waals surface area (Å²) in [6, 6.07) is 11.5. The SMILES string of the molecule is CCOc1ccccc1Oc1c(C)oc2c3c(ccc2c1=O)OCN(C1CCCC1)C3. The Morgan fingerprint density at radius 2 is 1.87 bits per heavy atom. The van der Waals surface area contributed by atoms with Gasteiger partial charge in [0, 0.05) is 12.6 Å². The molecule has 0 bridgehead atoms. The Bertz CT molecular complexity index is 1160. The highest BCUT2D eigenvalue weighted by Crippen LogP contribution is 2.37. The fraction of sp³-hybridized carbons (Fsp3) is 0.400. The molecular weight excluding hydrogens is 394 g/mol. The Labute approximate surface area is 181 Å². The van der Waals surface area contributed by atoms with Crippen LogP contribution in [-0.4, -0.2) is 24.3 Å². The largest absolute Gasteiger partial charge is 0.490 e. The van der Waals surface area contributed by atoms with E-state index < -0.39 is 0 Å². The minimum atomic E-state index is -0.189. The average molecular weight is 421 g/mol. The van der Waals surface area contributed by atoms with E-state index in [0.29, 0.717) is 47.6 Å². The number of benzene rings is 2. The molecule has 0 atom stereocenters. The van der Waals surface area contributed by atoms with E-state index >= 15 is 0 Å². The molecule has 6 heteroatoms. The van der Waals surface area contributed by atoms with Crippen molar-refractivity contribution in [1.29, 1.82) is 0 Å². The molecule has 1 aliphatic heterocycles. The highest BCUT2D eigenvalue weighted by molar-refractivity contribution is 5.83. The molecule has 2 aromatic carbocycles. The van der Waals surface area contributed by atoms with Crippen molar-refractivity contribution in [2.75, 3.05) is 13.3 Å². The van der Waals surface area contributed by atoms with Crippen LogP contribution in [0.2, 0.25) is 0 Å². The molecule has 6 nitrogen and oxygen atoms in total. The lowest BCUT2D eigenvalue weighted by molar-refractivity contribution is 0.0581. The van der Waals surface area contributed by atoms with Gasteiger partial charge in [-0.15, -0.1) is 0 Å². The van der Waals surface area contributed by atoms with Crippen molar-refractivity contribution in [2.45, 2.75) is 52.1 Å². The predicted octanol–water partition coefficient (Wildman–Crippen LogP) is 5.39. The lowest BCUT2D eigenvalue weighted by atomic mass is 10.1. The quantitative estimate of drug-likeness (QED) is 0.551. The summed E-state index contributed by atoms with van der Waals surface area (Å²) < 4.78 is 23.8. The predicted molar refractivity (Wildman–Crippen MR) is 118 cm³/mol. The Morgan fingerprint density at radius 3 is 2.65 bits per heavy atom. The monoisotopic (exact) mass is 421 g/mol. The molecular formula is C25H27NO5. The Hall–Kier alpha value is -2.99. The average Bonchev–Trinajstić information content (AvgIpc) is 3.32. The maximum atomic E-state index is 13.4. The number of nitrogens with zero attached hydrogens (tertiary/aromatic N) is 1. The van der Waals surface area contributed by atoms with E-state index in [2.05, 4.69) is 4.90 Å². The first-order valence-electron chi connectivity index (χ1n) is 11.0. The lowest BCUT2D eigenvalue weighted by Crippen LogP contribution is -2.39. The van der Waals surface area contributed by atoms with Crippen LogP contribution < -0.4 is 19.6 Å². The maximum absolute atomic E-state index is 13.4. The molecule has 0 amide bonds. The van der Waals surface area contributed by atoms with E-state index in [9.17, 15) is 4.79 Å². The van der Waals surface area contributed by atoms with Crippen LogP contribution in [-0.2, 0) is 6.54 Å². The highest BCUT2D eigenvalue weighted by Gasteiger charge is 2.29. The van der Waals surface area contributed by atoms with E-state index in [4.69, 9.17) is 18.6 Å². The number of rotatable bonds is 5. The smallest absolute Gasteiger partial charge is 0.235 e. The molecule has 3 aromatic rings. The summed E-state index contributed by atoms with van der Waals surface area (Å²) in [6.07, 6.45) is 4.93. The third-order valence-corrected chi connectivity index (χ3v) is 6.19. The Morgan fingerprint density at radius 1 is 1.10 bits per heavy atom. The van der Waals surface area contributed by atoms with E-state index in [1.165, 1.54) is 25.7 Å². The maximum Gasteiger partial charge on any atom is 0.235 e. The molecule has 1 fully saturated rings. The first-order valence-corrected chi connectivity index (χ1v) is 11.0. The van der Waals surface area contributed by atoms with Gasteiger partial charge in [0.2, 0.25) is 11.2 Å². The van der Waals surface area contributed by atoms with Crippen LogP contribution in [0.4, 0.5) is 0 Å². The third kappa shape index (κ3) is 3.65. The van der Waals surface area contributed by atoms with Gasteiger partial charge in [0.15, 0.2) is 11.5 Å². The fourth-order valence-corrected chi connectivity index (χ4v) is 4.61. The molecule has 0 spiro atoms. The molecule has 2 heterocycles.